The lowest BCUT2D eigenvalue weighted by Gasteiger charge is -1.93. The fraction of sp³-hybridized carbons (Fsp3) is 0. The summed E-state index contributed by atoms with van der Waals surface area (Å²) in [5.41, 5.74) is 4.58. The van der Waals surface area contributed by atoms with Crippen LogP contribution in [0, 0.1) is 10.1 Å². The maximum atomic E-state index is 11.0. The Bertz CT molecular complexity index is 396. The molecular weight excluding hydrogens is 192 g/mol. The number of hydrogen-bond acceptors (Lipinski definition) is 4. The molecule has 0 aliphatic heterocycles. The highest BCUT2D eigenvalue weighted by Gasteiger charge is 2.15. The van der Waals surface area contributed by atoms with Gasteiger partial charge >= 0.3 is 11.8 Å². The number of amides is 3. The summed E-state index contributed by atoms with van der Waals surface area (Å²) >= 11 is 0. The van der Waals surface area contributed by atoms with Crippen LogP contribution in [0.3, 0.4) is 0 Å². The minimum atomic E-state index is -1.02. The van der Waals surface area contributed by atoms with Gasteiger partial charge in [-0.1, -0.05) is 0 Å². The first-order valence-corrected chi connectivity index (χ1v) is 3.45. The van der Waals surface area contributed by atoms with E-state index in [9.17, 15) is 19.7 Å². The van der Waals surface area contributed by atoms with Gasteiger partial charge in [-0.15, -0.1) is 0 Å². The number of hydrogen-bond donors (Lipinski definition) is 3. The zero-order valence-corrected chi connectivity index (χ0v) is 6.81. The van der Waals surface area contributed by atoms with E-state index in [0.29, 0.717) is 0 Å². The van der Waals surface area contributed by atoms with E-state index < -0.39 is 16.9 Å². The number of urea groups is 1. The van der Waals surface area contributed by atoms with Gasteiger partial charge in [-0.2, -0.15) is 0 Å². The molecular formula is C6H6N4O4. The average Bonchev–Trinajstić information content (AvgIpc) is 2.50. The van der Waals surface area contributed by atoms with Gasteiger partial charge in [-0.25, -0.2) is 9.78 Å². The van der Waals surface area contributed by atoms with Gasteiger partial charge in [0, 0.05) is 6.07 Å². The molecule has 3 amide bonds. The number of nitrogens with two attached hydrogens (primary N) is 1. The Labute approximate surface area is 77.2 Å². The van der Waals surface area contributed by atoms with E-state index in [0.717, 1.165) is 6.07 Å². The molecule has 0 aliphatic rings. The van der Waals surface area contributed by atoms with Crippen LogP contribution in [-0.4, -0.2) is 21.8 Å². The van der Waals surface area contributed by atoms with E-state index >= 15 is 0 Å². The van der Waals surface area contributed by atoms with E-state index in [1.54, 1.807) is 5.32 Å². The van der Waals surface area contributed by atoms with Crippen LogP contribution < -0.4 is 11.1 Å². The van der Waals surface area contributed by atoms with Crippen molar-refractivity contribution in [1.82, 2.24) is 10.3 Å². The molecule has 1 rings (SSSR count). The van der Waals surface area contributed by atoms with Crippen LogP contribution in [0.15, 0.2) is 12.1 Å². The summed E-state index contributed by atoms with van der Waals surface area (Å²) in [5.74, 6) is -1.15. The third-order valence-corrected chi connectivity index (χ3v) is 1.35. The summed E-state index contributed by atoms with van der Waals surface area (Å²) in [6, 6.07) is 1.26. The van der Waals surface area contributed by atoms with Crippen LogP contribution in [0.1, 0.15) is 10.5 Å². The van der Waals surface area contributed by atoms with Gasteiger partial charge in [0.15, 0.2) is 5.69 Å². The number of carbonyl (C=O) groups excluding carboxylic acids is 2. The molecule has 0 spiro atoms. The summed E-state index contributed by atoms with van der Waals surface area (Å²) < 4.78 is 0. The summed E-state index contributed by atoms with van der Waals surface area (Å²) in [6.45, 7) is 0. The number of imide groups is 1. The van der Waals surface area contributed by atoms with Gasteiger partial charge in [-0.3, -0.25) is 10.1 Å². The van der Waals surface area contributed by atoms with Gasteiger partial charge in [0.05, 0.1) is 0 Å². The zero-order valence-electron chi connectivity index (χ0n) is 6.81. The van der Waals surface area contributed by atoms with Crippen molar-refractivity contribution in [1.29, 1.82) is 0 Å². The van der Waals surface area contributed by atoms with E-state index in [2.05, 4.69) is 10.7 Å². The molecule has 0 radical (unpaired) electrons. The molecule has 0 fully saturated rings. The van der Waals surface area contributed by atoms with Crippen LogP contribution in [0.4, 0.5) is 10.6 Å². The van der Waals surface area contributed by atoms with Crippen molar-refractivity contribution in [3.8, 4) is 0 Å². The van der Waals surface area contributed by atoms with Gasteiger partial charge in [0.2, 0.25) is 0 Å². The minimum absolute atomic E-state index is 0.101. The number of rotatable bonds is 2. The number of primary amides is 1. The number of aromatic nitrogens is 1. The van der Waals surface area contributed by atoms with Crippen LogP contribution in [0.25, 0.3) is 0 Å². The number of nitrogens with one attached hydrogen (secondary N) is 2. The lowest BCUT2D eigenvalue weighted by atomic mass is 10.4. The lowest BCUT2D eigenvalue weighted by molar-refractivity contribution is -0.389. The second-order valence-corrected chi connectivity index (χ2v) is 2.33. The molecule has 0 aliphatic carbocycles. The molecule has 4 N–H and O–H groups in total. The van der Waals surface area contributed by atoms with Gasteiger partial charge in [0.25, 0.3) is 5.91 Å². The van der Waals surface area contributed by atoms with Crippen LogP contribution in [0.2, 0.25) is 0 Å². The molecule has 0 aromatic carbocycles. The predicted octanol–water partition coefficient (Wildman–Crippen LogP) is -0.269. The lowest BCUT2D eigenvalue weighted by Crippen LogP contribution is -2.35. The Kier molecular flexibility index (Phi) is 2.47. The molecule has 0 atom stereocenters. The van der Waals surface area contributed by atoms with Crippen molar-refractivity contribution in [2.45, 2.75) is 0 Å². The first kappa shape index (κ1) is 9.71. The Hall–Kier alpha value is -2.38. The van der Waals surface area contributed by atoms with Crippen molar-refractivity contribution in [2.24, 2.45) is 5.73 Å². The molecule has 0 saturated heterocycles. The molecule has 0 unspecified atom stereocenters. The maximum absolute atomic E-state index is 11.0. The summed E-state index contributed by atoms with van der Waals surface area (Å²) in [7, 11) is 0. The van der Waals surface area contributed by atoms with Crippen LogP contribution in [-0.2, 0) is 0 Å². The van der Waals surface area contributed by atoms with Gasteiger partial charge < -0.3 is 15.8 Å². The molecule has 74 valence electrons. The standard InChI is InChI=1S/C6H6N4O4/c7-6(12)9-5(11)3-1-2-4(8-3)10(13)14/h1-2,8H,(H3,7,9,11,12). The van der Waals surface area contributed by atoms with Crippen molar-refractivity contribution < 1.29 is 14.5 Å². The average molecular weight is 198 g/mol. The number of carbonyl (C=O) groups is 2. The first-order chi connectivity index (χ1) is 6.50. The molecule has 0 saturated carbocycles. The Morgan fingerprint density at radius 3 is 2.57 bits per heavy atom. The van der Waals surface area contributed by atoms with Crippen LogP contribution in [0.5, 0.6) is 0 Å². The van der Waals surface area contributed by atoms with Crippen LogP contribution >= 0.6 is 0 Å². The third kappa shape index (κ3) is 2.06. The van der Waals surface area contributed by atoms with E-state index in [1.807, 2.05) is 0 Å². The molecule has 8 heteroatoms. The van der Waals surface area contributed by atoms with Crippen molar-refractivity contribution in [3.63, 3.8) is 0 Å². The highest BCUT2D eigenvalue weighted by atomic mass is 16.6. The third-order valence-electron chi connectivity index (χ3n) is 1.35. The number of aromatic amines is 1. The Balaban J connectivity index is 2.81. The SMILES string of the molecule is NC(=O)NC(=O)c1ccc([N+](=O)[O-])[nH]1. The second-order valence-electron chi connectivity index (χ2n) is 2.33. The fourth-order valence-electron chi connectivity index (χ4n) is 0.802. The van der Waals surface area contributed by atoms with Crippen molar-refractivity contribution >= 4 is 17.8 Å². The molecule has 1 aromatic rings. The number of nitrogens with zero attached hydrogens (tertiary/aromatic N) is 1. The Morgan fingerprint density at radius 2 is 2.14 bits per heavy atom. The molecule has 14 heavy (non-hydrogen) atoms. The number of H-pyrrole nitrogens is 1. The topological polar surface area (TPSA) is 131 Å². The summed E-state index contributed by atoms with van der Waals surface area (Å²) in [4.78, 5) is 33.0. The van der Waals surface area contributed by atoms with E-state index in [4.69, 9.17) is 0 Å². The Morgan fingerprint density at radius 1 is 1.50 bits per heavy atom. The summed E-state index contributed by atoms with van der Waals surface area (Å²) in [5, 5.41) is 12.0. The fourth-order valence-corrected chi connectivity index (χ4v) is 0.802. The monoisotopic (exact) mass is 198 g/mol. The van der Waals surface area contributed by atoms with E-state index in [1.165, 1.54) is 6.07 Å². The highest BCUT2D eigenvalue weighted by Crippen LogP contribution is 2.09. The van der Waals surface area contributed by atoms with E-state index in [-0.39, 0.29) is 11.5 Å². The van der Waals surface area contributed by atoms with Crippen molar-refractivity contribution in [3.05, 3.63) is 27.9 Å². The summed E-state index contributed by atoms with van der Waals surface area (Å²) in [6.07, 6.45) is 0. The molecule has 8 nitrogen and oxygen atoms in total. The zero-order chi connectivity index (χ0) is 10.7. The second kappa shape index (κ2) is 3.56. The highest BCUT2D eigenvalue weighted by molar-refractivity contribution is 6.02. The maximum Gasteiger partial charge on any atom is 0.321 e. The minimum Gasteiger partial charge on any atom is -0.358 e. The molecule has 1 heterocycles. The molecule has 0 bridgehead atoms. The molecule has 1 aromatic heterocycles. The smallest absolute Gasteiger partial charge is 0.321 e. The van der Waals surface area contributed by atoms with Gasteiger partial charge in [0.1, 0.15) is 0 Å². The quantitative estimate of drug-likeness (QED) is 0.445. The number of nitro groups is 1. The first-order valence-electron chi connectivity index (χ1n) is 3.45. The van der Waals surface area contributed by atoms with Crippen molar-refractivity contribution in [2.75, 3.05) is 0 Å². The van der Waals surface area contributed by atoms with Gasteiger partial charge in [-0.05, 0) is 11.0 Å². The largest absolute Gasteiger partial charge is 0.358 e. The predicted molar refractivity (Wildman–Crippen MR) is 44.5 cm³/mol. The normalized spacial score (nSPS) is 9.43.